The number of thioether (sulfide) groups is 1. The van der Waals surface area contributed by atoms with Gasteiger partial charge in [0.15, 0.2) is 0 Å². The molecule has 3 heteroatoms. The van der Waals surface area contributed by atoms with Gasteiger partial charge in [-0.3, -0.25) is 4.90 Å². The molecule has 0 bridgehead atoms. The van der Waals surface area contributed by atoms with Gasteiger partial charge in [-0.15, -0.1) is 0 Å². The molecular weight excluding hydrogens is 216 g/mol. The fourth-order valence-electron chi connectivity index (χ4n) is 2.75. The summed E-state index contributed by atoms with van der Waals surface area (Å²) < 4.78 is 0. The molecule has 0 spiro atoms. The fourth-order valence-corrected chi connectivity index (χ4v) is 4.02. The van der Waals surface area contributed by atoms with E-state index in [1.165, 1.54) is 50.4 Å². The topological polar surface area (TPSA) is 15.3 Å². The number of nitrogens with one attached hydrogen (secondary N) is 1. The van der Waals surface area contributed by atoms with Crippen LogP contribution in [0.3, 0.4) is 0 Å². The Bertz CT molecular complexity index is 178. The molecule has 1 N–H and O–H groups in total. The molecule has 0 aromatic heterocycles. The summed E-state index contributed by atoms with van der Waals surface area (Å²) in [6, 6.07) is 1.46. The molecule has 2 heterocycles. The number of hydrogen-bond acceptors (Lipinski definition) is 3. The maximum Gasteiger partial charge on any atom is 0.0195 e. The van der Waals surface area contributed by atoms with Crippen LogP contribution in [-0.2, 0) is 0 Å². The molecule has 2 rings (SSSR count). The van der Waals surface area contributed by atoms with Crippen molar-refractivity contribution in [1.29, 1.82) is 0 Å². The minimum absolute atomic E-state index is 0.702. The van der Waals surface area contributed by atoms with Crippen molar-refractivity contribution in [2.75, 3.05) is 31.1 Å². The van der Waals surface area contributed by atoms with E-state index in [1.54, 1.807) is 0 Å². The van der Waals surface area contributed by atoms with Crippen molar-refractivity contribution >= 4 is 11.8 Å². The Balaban J connectivity index is 1.78. The predicted molar refractivity (Wildman–Crippen MR) is 73.2 cm³/mol. The Hall–Kier alpha value is 0.270. The van der Waals surface area contributed by atoms with E-state index >= 15 is 0 Å². The van der Waals surface area contributed by atoms with Crippen LogP contribution in [0.1, 0.15) is 33.1 Å². The average molecular weight is 242 g/mol. The van der Waals surface area contributed by atoms with Crippen LogP contribution >= 0.6 is 11.8 Å². The summed E-state index contributed by atoms with van der Waals surface area (Å²) in [7, 11) is 0. The molecule has 2 atom stereocenters. The molecule has 16 heavy (non-hydrogen) atoms. The van der Waals surface area contributed by atoms with Crippen molar-refractivity contribution in [1.82, 2.24) is 10.2 Å². The first-order valence-electron chi connectivity index (χ1n) is 6.81. The first-order chi connectivity index (χ1) is 7.75. The second kappa shape index (κ2) is 6.27. The summed E-state index contributed by atoms with van der Waals surface area (Å²) in [6.07, 6.45) is 4.19. The van der Waals surface area contributed by atoms with Crippen molar-refractivity contribution in [3.8, 4) is 0 Å². The Morgan fingerprint density at radius 3 is 2.75 bits per heavy atom. The smallest absolute Gasteiger partial charge is 0.0195 e. The second-order valence-corrected chi connectivity index (χ2v) is 6.72. The van der Waals surface area contributed by atoms with Gasteiger partial charge < -0.3 is 5.32 Å². The van der Waals surface area contributed by atoms with Gasteiger partial charge in [-0.1, -0.05) is 0 Å². The number of rotatable bonds is 5. The average Bonchev–Trinajstić information content (AvgIpc) is 2.88. The molecule has 0 radical (unpaired) electrons. The molecule has 2 fully saturated rings. The van der Waals surface area contributed by atoms with Crippen molar-refractivity contribution in [2.24, 2.45) is 5.92 Å². The quantitative estimate of drug-likeness (QED) is 0.796. The Morgan fingerprint density at radius 1 is 1.31 bits per heavy atom. The molecule has 0 saturated carbocycles. The van der Waals surface area contributed by atoms with Gasteiger partial charge in [-0.2, -0.15) is 11.8 Å². The van der Waals surface area contributed by atoms with Gasteiger partial charge in [0.2, 0.25) is 0 Å². The Labute approximate surface area is 105 Å². The van der Waals surface area contributed by atoms with Crippen molar-refractivity contribution in [3.63, 3.8) is 0 Å². The van der Waals surface area contributed by atoms with Crippen LogP contribution in [0.2, 0.25) is 0 Å². The first kappa shape index (κ1) is 12.7. The Morgan fingerprint density at radius 2 is 2.19 bits per heavy atom. The maximum atomic E-state index is 3.62. The van der Waals surface area contributed by atoms with Crippen molar-refractivity contribution in [2.45, 2.75) is 45.2 Å². The van der Waals surface area contributed by atoms with Crippen LogP contribution in [0.15, 0.2) is 0 Å². The van der Waals surface area contributed by atoms with E-state index in [0.717, 1.165) is 12.0 Å². The van der Waals surface area contributed by atoms with Gasteiger partial charge in [-0.05, 0) is 57.1 Å². The highest BCUT2D eigenvalue weighted by Crippen LogP contribution is 2.25. The van der Waals surface area contributed by atoms with Crippen LogP contribution in [0.25, 0.3) is 0 Å². The molecule has 0 aromatic rings. The molecule has 2 unspecified atom stereocenters. The summed E-state index contributed by atoms with van der Waals surface area (Å²) in [5.41, 5.74) is 0. The van der Waals surface area contributed by atoms with Crippen LogP contribution in [0, 0.1) is 5.92 Å². The summed E-state index contributed by atoms with van der Waals surface area (Å²) in [5.74, 6) is 3.73. The molecule has 0 aromatic carbocycles. The lowest BCUT2D eigenvalue weighted by Gasteiger charge is -2.31. The molecule has 2 saturated heterocycles. The van der Waals surface area contributed by atoms with Gasteiger partial charge >= 0.3 is 0 Å². The van der Waals surface area contributed by atoms with Gasteiger partial charge in [0, 0.05) is 25.2 Å². The molecule has 0 amide bonds. The first-order valence-corrected chi connectivity index (χ1v) is 7.96. The minimum Gasteiger partial charge on any atom is -0.313 e. The molecular formula is C13H26N2S. The van der Waals surface area contributed by atoms with Gasteiger partial charge in [0.25, 0.3) is 0 Å². The highest BCUT2D eigenvalue weighted by Gasteiger charge is 2.24. The zero-order valence-corrected chi connectivity index (χ0v) is 11.6. The third kappa shape index (κ3) is 3.64. The van der Waals surface area contributed by atoms with E-state index in [-0.39, 0.29) is 0 Å². The van der Waals surface area contributed by atoms with Crippen molar-refractivity contribution in [3.05, 3.63) is 0 Å². The number of nitrogens with zero attached hydrogens (tertiary/aromatic N) is 1. The summed E-state index contributed by atoms with van der Waals surface area (Å²) in [4.78, 5) is 2.69. The third-order valence-corrected chi connectivity index (χ3v) is 5.10. The highest BCUT2D eigenvalue weighted by atomic mass is 32.2. The summed E-state index contributed by atoms with van der Waals surface area (Å²) in [5, 5.41) is 3.62. The minimum atomic E-state index is 0.702. The normalized spacial score (nSPS) is 30.8. The largest absolute Gasteiger partial charge is 0.313 e. The van der Waals surface area contributed by atoms with E-state index in [4.69, 9.17) is 0 Å². The van der Waals surface area contributed by atoms with Crippen LogP contribution in [0.5, 0.6) is 0 Å². The molecule has 94 valence electrons. The highest BCUT2D eigenvalue weighted by molar-refractivity contribution is 7.99. The fraction of sp³-hybridized carbons (Fsp3) is 1.00. The van der Waals surface area contributed by atoms with Crippen LogP contribution in [0.4, 0.5) is 0 Å². The second-order valence-electron chi connectivity index (χ2n) is 5.57. The lowest BCUT2D eigenvalue weighted by Crippen LogP contribution is -2.43. The van der Waals surface area contributed by atoms with Crippen LogP contribution in [-0.4, -0.2) is 48.1 Å². The van der Waals surface area contributed by atoms with E-state index in [1.807, 2.05) is 0 Å². The molecule has 2 aliphatic heterocycles. The standard InChI is InChI=1S/C13H26N2S/c1-11(2)15(8-12-5-7-16-10-12)9-13-4-3-6-14-13/h11-14H,3-10H2,1-2H3. The monoisotopic (exact) mass is 242 g/mol. The van der Waals surface area contributed by atoms with E-state index in [9.17, 15) is 0 Å². The van der Waals surface area contributed by atoms with Crippen LogP contribution < -0.4 is 5.32 Å². The summed E-state index contributed by atoms with van der Waals surface area (Å²) in [6.45, 7) is 8.51. The summed E-state index contributed by atoms with van der Waals surface area (Å²) >= 11 is 2.14. The van der Waals surface area contributed by atoms with E-state index < -0.39 is 0 Å². The SMILES string of the molecule is CC(C)N(CC1CCSC1)CC1CCCN1. The lowest BCUT2D eigenvalue weighted by molar-refractivity contribution is 0.178. The van der Waals surface area contributed by atoms with Gasteiger partial charge in [0.1, 0.15) is 0 Å². The number of hydrogen-bond donors (Lipinski definition) is 1. The van der Waals surface area contributed by atoms with Crippen molar-refractivity contribution < 1.29 is 0 Å². The Kier molecular flexibility index (Phi) is 4.98. The zero-order valence-electron chi connectivity index (χ0n) is 10.7. The molecule has 0 aliphatic carbocycles. The molecule has 2 aliphatic rings. The van der Waals surface area contributed by atoms with Gasteiger partial charge in [-0.25, -0.2) is 0 Å². The maximum absolute atomic E-state index is 3.62. The predicted octanol–water partition coefficient (Wildman–Crippen LogP) is 2.20. The van der Waals surface area contributed by atoms with E-state index in [2.05, 4.69) is 35.8 Å². The zero-order chi connectivity index (χ0) is 11.4. The van der Waals surface area contributed by atoms with E-state index in [0.29, 0.717) is 6.04 Å². The van der Waals surface area contributed by atoms with Gasteiger partial charge in [0.05, 0.1) is 0 Å². The molecule has 2 nitrogen and oxygen atoms in total. The third-order valence-electron chi connectivity index (χ3n) is 3.86. The lowest BCUT2D eigenvalue weighted by atomic mass is 10.1.